The van der Waals surface area contributed by atoms with Gasteiger partial charge in [-0.3, -0.25) is 0 Å². The Labute approximate surface area is 427 Å². The normalized spacial score (nSPS) is 21.6. The van der Waals surface area contributed by atoms with Crippen molar-refractivity contribution in [2.75, 3.05) is 4.90 Å². The Morgan fingerprint density at radius 1 is 0.562 bits per heavy atom. The minimum absolute atomic E-state index is 0.0618. The van der Waals surface area contributed by atoms with Gasteiger partial charge in [-0.25, -0.2) is 0 Å². The van der Waals surface area contributed by atoms with Crippen molar-refractivity contribution in [3.05, 3.63) is 282 Å². The number of anilines is 1. The molecule has 1 aliphatic heterocycles. The van der Waals surface area contributed by atoms with Crippen molar-refractivity contribution in [2.24, 2.45) is 0 Å². The smallest absolute Gasteiger partial charge is 0.0718 e. The van der Waals surface area contributed by atoms with Gasteiger partial charge in [-0.05, 0) is 157 Å². The molecule has 3 nitrogen and oxygen atoms in total. The van der Waals surface area contributed by atoms with Gasteiger partial charge < -0.3 is 14.0 Å². The van der Waals surface area contributed by atoms with Crippen LogP contribution >= 0.6 is 0 Å². The largest absolute Gasteiger partial charge is 0.333 e. The van der Waals surface area contributed by atoms with E-state index >= 15 is 0 Å². The van der Waals surface area contributed by atoms with Crippen LogP contribution in [0.4, 0.5) is 5.69 Å². The van der Waals surface area contributed by atoms with E-state index in [9.17, 15) is 0 Å². The monoisotopic (exact) mass is 935 g/mol. The van der Waals surface area contributed by atoms with Crippen molar-refractivity contribution in [3.8, 4) is 27.9 Å². The van der Waals surface area contributed by atoms with Crippen molar-refractivity contribution in [2.45, 2.75) is 50.6 Å². The van der Waals surface area contributed by atoms with Gasteiger partial charge >= 0.3 is 0 Å². The number of fused-ring (bicyclic) bond motifs is 9. The van der Waals surface area contributed by atoms with Crippen molar-refractivity contribution in [3.63, 3.8) is 0 Å². The Balaban J connectivity index is 0.890. The predicted molar refractivity (Wildman–Crippen MR) is 306 cm³/mol. The summed E-state index contributed by atoms with van der Waals surface area (Å²) in [7, 11) is 0. The SMILES string of the molecule is C\C1=C/C(c2ccc(-n3c4ccc(-c5ccccc5)cc4c4cc(-c5ccccc5)ccc43)cc2)=C\C(C2=CC(N3c4ccc#cc4C4C=CC=CC43C)=CC(n3c4ccccc4c4ccccc43)C2)=C/CC1. The molecular formula is C70H53N3. The van der Waals surface area contributed by atoms with Crippen molar-refractivity contribution < 1.29 is 0 Å². The van der Waals surface area contributed by atoms with Gasteiger partial charge in [0.2, 0.25) is 0 Å². The van der Waals surface area contributed by atoms with E-state index in [1.54, 1.807) is 0 Å². The number of nitrogens with zero attached hydrogens (tertiary/aromatic N) is 3. The lowest BCUT2D eigenvalue weighted by Gasteiger charge is -2.41. The minimum atomic E-state index is -0.304. The van der Waals surface area contributed by atoms with Gasteiger partial charge in [0.1, 0.15) is 0 Å². The van der Waals surface area contributed by atoms with Crippen LogP contribution < -0.4 is 4.90 Å². The molecule has 0 spiro atoms. The van der Waals surface area contributed by atoms with Gasteiger partial charge in [0.05, 0.1) is 28.3 Å². The fraction of sp³-hybridized carbons (Fsp3) is 0.114. The standard InChI is InChI=1S/C70H53N3/c1-47-18-17-23-51(55-42-57(72-65-28-12-9-24-59(65)60-25-10-13-29-66(60)72)46-58(43-55)73-69-30-14-11-26-61(69)64-27-15-16-39-70(64,73)2)41-54(40-47)50-31-35-56(36-32-50)71-67-37-33-52(48-19-5-3-6-20-48)44-62(67)63-45-53(34-38-68(63)71)49-21-7-4-8-22-49/h3-10,12-16,19-25,27-41,43-46,57,64H,17-18,42H2,1-2H3/b47-40+,51-23+,54-41+. The number of hydrogen-bond acceptors (Lipinski definition) is 1. The van der Waals surface area contributed by atoms with Crippen LogP contribution in [-0.2, 0) is 0 Å². The Bertz CT molecular complexity index is 3920. The van der Waals surface area contributed by atoms with E-state index < -0.39 is 0 Å². The average molecular weight is 936 g/mol. The third-order valence-electron chi connectivity index (χ3n) is 16.1. The molecule has 3 atom stereocenters. The second-order valence-corrected chi connectivity index (χ2v) is 20.5. The average Bonchev–Trinajstić information content (AvgIpc) is 4.05. The molecule has 0 N–H and O–H groups in total. The zero-order valence-corrected chi connectivity index (χ0v) is 41.1. The first-order valence-corrected chi connectivity index (χ1v) is 25.8. The molecule has 2 aromatic heterocycles. The summed E-state index contributed by atoms with van der Waals surface area (Å²) in [4.78, 5) is 2.59. The first-order valence-electron chi connectivity index (χ1n) is 25.8. The number of benzene rings is 7. The van der Waals surface area contributed by atoms with E-state index in [4.69, 9.17) is 0 Å². The van der Waals surface area contributed by atoms with Crippen LogP contribution in [-0.4, -0.2) is 14.7 Å². The van der Waals surface area contributed by atoms with Crippen LogP contribution in [0.3, 0.4) is 0 Å². The van der Waals surface area contributed by atoms with Gasteiger partial charge in [0, 0.05) is 55.4 Å². The molecule has 3 heterocycles. The van der Waals surface area contributed by atoms with Gasteiger partial charge in [0.25, 0.3) is 0 Å². The fourth-order valence-electron chi connectivity index (χ4n) is 12.6. The van der Waals surface area contributed by atoms with Gasteiger partial charge in [-0.15, -0.1) is 0 Å². The van der Waals surface area contributed by atoms with Crippen LogP contribution in [0.5, 0.6) is 0 Å². The molecule has 3 heteroatoms. The first-order chi connectivity index (χ1) is 36.0. The number of allylic oxidation sites excluding steroid dienone is 11. The highest BCUT2D eigenvalue weighted by atomic mass is 15.2. The number of rotatable bonds is 7. The van der Waals surface area contributed by atoms with Crippen molar-refractivity contribution >= 4 is 54.9 Å². The number of para-hydroxylation sites is 2. The summed E-state index contributed by atoms with van der Waals surface area (Å²) in [6.07, 6.45) is 24.4. The Morgan fingerprint density at radius 3 is 1.86 bits per heavy atom. The Hall–Kier alpha value is -8.84. The quantitative estimate of drug-likeness (QED) is 0.155. The summed E-state index contributed by atoms with van der Waals surface area (Å²) in [6, 6.07) is 73.7. The molecule has 0 saturated heterocycles. The van der Waals surface area contributed by atoms with E-state index in [-0.39, 0.29) is 17.5 Å². The lowest BCUT2D eigenvalue weighted by atomic mass is 9.80. The summed E-state index contributed by atoms with van der Waals surface area (Å²) in [5.74, 6) is 0.167. The zero-order valence-electron chi connectivity index (χ0n) is 41.1. The van der Waals surface area contributed by atoms with Gasteiger partial charge in [0.15, 0.2) is 0 Å². The minimum Gasteiger partial charge on any atom is -0.333 e. The van der Waals surface area contributed by atoms with Gasteiger partial charge in [-0.1, -0.05) is 175 Å². The van der Waals surface area contributed by atoms with E-state index in [1.807, 2.05) is 6.07 Å². The van der Waals surface area contributed by atoms with Crippen molar-refractivity contribution in [1.82, 2.24) is 9.13 Å². The summed E-state index contributed by atoms with van der Waals surface area (Å²) >= 11 is 0. The van der Waals surface area contributed by atoms with Gasteiger partial charge in [-0.2, -0.15) is 0 Å². The topological polar surface area (TPSA) is 13.1 Å². The van der Waals surface area contributed by atoms with Crippen LogP contribution in [0.1, 0.15) is 56.2 Å². The summed E-state index contributed by atoms with van der Waals surface area (Å²) in [5.41, 5.74) is 20.7. The molecule has 348 valence electrons. The van der Waals surface area contributed by atoms with E-state index in [0.717, 1.165) is 24.9 Å². The molecule has 14 rings (SSSR count). The molecule has 3 unspecified atom stereocenters. The molecule has 0 fully saturated rings. The highest BCUT2D eigenvalue weighted by molar-refractivity contribution is 6.12. The maximum absolute atomic E-state index is 3.56. The lowest BCUT2D eigenvalue weighted by Crippen LogP contribution is -2.44. The summed E-state index contributed by atoms with van der Waals surface area (Å²) in [6.45, 7) is 4.67. The first kappa shape index (κ1) is 43.0. The summed E-state index contributed by atoms with van der Waals surface area (Å²) < 4.78 is 5.05. The third kappa shape index (κ3) is 7.12. The Morgan fingerprint density at radius 2 is 1.19 bits per heavy atom. The second kappa shape index (κ2) is 17.2. The molecule has 0 radical (unpaired) electrons. The summed E-state index contributed by atoms with van der Waals surface area (Å²) in [5, 5.41) is 5.08. The predicted octanol–water partition coefficient (Wildman–Crippen LogP) is 17.8. The van der Waals surface area contributed by atoms with Crippen LogP contribution in [0, 0.1) is 12.1 Å². The van der Waals surface area contributed by atoms with Crippen LogP contribution in [0.15, 0.2) is 259 Å². The molecular weight excluding hydrogens is 883 g/mol. The highest BCUT2D eigenvalue weighted by Crippen LogP contribution is 2.53. The second-order valence-electron chi connectivity index (χ2n) is 20.5. The maximum Gasteiger partial charge on any atom is 0.0718 e. The molecule has 10 aromatic rings. The van der Waals surface area contributed by atoms with Crippen LogP contribution in [0.2, 0.25) is 0 Å². The molecule has 0 bridgehead atoms. The van der Waals surface area contributed by atoms with E-state index in [1.165, 1.54) is 111 Å². The van der Waals surface area contributed by atoms with E-state index in [0.29, 0.717) is 0 Å². The molecule has 0 amide bonds. The van der Waals surface area contributed by atoms with Crippen LogP contribution in [0.25, 0.3) is 77.1 Å². The number of hydrogen-bond donors (Lipinski definition) is 0. The molecule has 0 saturated carbocycles. The highest BCUT2D eigenvalue weighted by Gasteiger charge is 2.48. The lowest BCUT2D eigenvalue weighted by molar-refractivity contribution is 0.524. The van der Waals surface area contributed by atoms with E-state index in [2.05, 4.69) is 271 Å². The van der Waals surface area contributed by atoms with Crippen molar-refractivity contribution in [1.29, 1.82) is 0 Å². The molecule has 3 aliphatic carbocycles. The fourth-order valence-corrected chi connectivity index (χ4v) is 12.6. The zero-order chi connectivity index (χ0) is 48.6. The third-order valence-corrected chi connectivity index (χ3v) is 16.1. The number of aromatic nitrogens is 2. The molecule has 4 aliphatic rings. The molecule has 8 aromatic carbocycles. The Kier molecular flexibility index (Phi) is 10.1. The molecule has 73 heavy (non-hydrogen) atoms. The maximum atomic E-state index is 3.56.